The quantitative estimate of drug-likeness (QED) is 0.397. The van der Waals surface area contributed by atoms with E-state index in [9.17, 15) is 14.4 Å². The maximum absolute atomic E-state index is 12.4. The molecular weight excluding hydrogens is 306 g/mol. The van der Waals surface area contributed by atoms with E-state index < -0.39 is 5.97 Å². The van der Waals surface area contributed by atoms with Crippen molar-refractivity contribution in [1.29, 1.82) is 0 Å². The molecule has 8 heteroatoms. The number of carbonyl (C=O) groups is 3. The van der Waals surface area contributed by atoms with Gasteiger partial charge in [0.2, 0.25) is 11.6 Å². The van der Waals surface area contributed by atoms with Crippen LogP contribution in [0.5, 0.6) is 0 Å². The van der Waals surface area contributed by atoms with E-state index in [1.807, 2.05) is 14.7 Å². The van der Waals surface area contributed by atoms with Crippen LogP contribution in [0.15, 0.2) is 23.2 Å². The van der Waals surface area contributed by atoms with Crippen LogP contribution in [-0.4, -0.2) is 82.4 Å². The molecule has 0 radical (unpaired) electrons. The van der Waals surface area contributed by atoms with Gasteiger partial charge in [0, 0.05) is 45.3 Å². The molecule has 0 amide bonds. The first-order valence-corrected chi connectivity index (χ1v) is 7.78. The van der Waals surface area contributed by atoms with Crippen molar-refractivity contribution in [1.82, 2.24) is 14.7 Å². The highest BCUT2D eigenvalue weighted by atomic mass is 32.1. The lowest BCUT2D eigenvalue weighted by Gasteiger charge is -2.21. The monoisotopic (exact) mass is 323 g/mol. The molecule has 3 saturated heterocycles. The molecule has 22 heavy (non-hydrogen) atoms. The van der Waals surface area contributed by atoms with Crippen LogP contribution in [-0.2, 0) is 14.4 Å². The number of hydrogen-bond donors (Lipinski definition) is 2. The summed E-state index contributed by atoms with van der Waals surface area (Å²) in [4.78, 5) is 39.8. The van der Waals surface area contributed by atoms with Crippen molar-refractivity contribution in [3.8, 4) is 0 Å². The van der Waals surface area contributed by atoms with Gasteiger partial charge in [-0.05, 0) is 0 Å². The molecule has 0 aromatic carbocycles. The zero-order chi connectivity index (χ0) is 15.9. The molecule has 4 rings (SSSR count). The summed E-state index contributed by atoms with van der Waals surface area (Å²) in [5.41, 5.74) is 1.89. The predicted octanol–water partition coefficient (Wildman–Crippen LogP) is -0.819. The summed E-state index contributed by atoms with van der Waals surface area (Å²) in [7, 11) is 0. The predicted molar refractivity (Wildman–Crippen MR) is 81.3 cm³/mol. The standard InChI is InChI=1S/C12H13N3O2.C2H4O2S/c16-9-7-8(13-1-2-13)12(17)11(15-5-6-15)10(9)14-3-4-14;3-2(4)1-5/h7H,1-6H2;5H,1H2,(H,3,4). The zero-order valence-corrected chi connectivity index (χ0v) is 12.9. The number of rotatable bonds is 4. The molecule has 0 spiro atoms. The number of thiol groups is 1. The molecule has 0 aromatic rings. The topological polar surface area (TPSA) is 80.5 Å². The van der Waals surface area contributed by atoms with Crippen LogP contribution in [0.2, 0.25) is 0 Å². The van der Waals surface area contributed by atoms with E-state index >= 15 is 0 Å². The molecule has 0 aromatic heterocycles. The molecule has 7 nitrogen and oxygen atoms in total. The van der Waals surface area contributed by atoms with Gasteiger partial charge in [0.1, 0.15) is 11.4 Å². The minimum absolute atomic E-state index is 0.00546. The maximum Gasteiger partial charge on any atom is 0.313 e. The molecule has 1 N–H and O–H groups in total. The third kappa shape index (κ3) is 3.11. The summed E-state index contributed by atoms with van der Waals surface area (Å²) in [6.45, 7) is 5.41. The van der Waals surface area contributed by atoms with Crippen molar-refractivity contribution in [2.45, 2.75) is 0 Å². The van der Waals surface area contributed by atoms with Crippen LogP contribution in [0.1, 0.15) is 0 Å². The fraction of sp³-hybridized carbons (Fsp3) is 0.500. The Kier molecular flexibility index (Phi) is 3.86. The van der Waals surface area contributed by atoms with Gasteiger partial charge in [0.15, 0.2) is 0 Å². The number of carboxylic acid groups (broad SMARTS) is 1. The average molecular weight is 323 g/mol. The molecule has 0 atom stereocenters. The van der Waals surface area contributed by atoms with Gasteiger partial charge >= 0.3 is 5.97 Å². The first-order chi connectivity index (χ1) is 10.5. The number of carbonyl (C=O) groups excluding carboxylic acids is 2. The number of ketones is 2. The Bertz CT molecular complexity index is 601. The third-order valence-electron chi connectivity index (χ3n) is 3.62. The van der Waals surface area contributed by atoms with Crippen molar-refractivity contribution >= 4 is 30.2 Å². The summed E-state index contributed by atoms with van der Waals surface area (Å²) in [5, 5.41) is 7.65. The van der Waals surface area contributed by atoms with Gasteiger partial charge in [0.05, 0.1) is 11.4 Å². The van der Waals surface area contributed by atoms with Crippen LogP contribution in [0.25, 0.3) is 0 Å². The molecule has 118 valence electrons. The summed E-state index contributed by atoms with van der Waals surface area (Å²) in [6.07, 6.45) is 1.52. The Hall–Kier alpha value is -1.96. The molecule has 4 aliphatic rings. The minimum Gasteiger partial charge on any atom is -0.481 e. The van der Waals surface area contributed by atoms with Crippen molar-refractivity contribution in [3.05, 3.63) is 23.2 Å². The van der Waals surface area contributed by atoms with Crippen molar-refractivity contribution in [3.63, 3.8) is 0 Å². The highest BCUT2D eigenvalue weighted by molar-refractivity contribution is 7.81. The summed E-state index contributed by atoms with van der Waals surface area (Å²) < 4.78 is 0. The summed E-state index contributed by atoms with van der Waals surface area (Å²) >= 11 is 3.42. The minimum atomic E-state index is -0.881. The molecule has 3 heterocycles. The normalized spacial score (nSPS) is 22.2. The van der Waals surface area contributed by atoms with E-state index in [-0.39, 0.29) is 17.3 Å². The van der Waals surface area contributed by atoms with Crippen molar-refractivity contribution in [2.75, 3.05) is 45.0 Å². The number of hydrogen-bond acceptors (Lipinski definition) is 7. The second kappa shape index (κ2) is 5.68. The molecule has 3 aliphatic heterocycles. The molecule has 0 saturated carbocycles. The molecule has 3 fully saturated rings. The van der Waals surface area contributed by atoms with E-state index in [4.69, 9.17) is 5.11 Å². The van der Waals surface area contributed by atoms with Crippen LogP contribution in [0.3, 0.4) is 0 Å². The number of carboxylic acids is 1. The van der Waals surface area contributed by atoms with Crippen LogP contribution in [0, 0.1) is 0 Å². The van der Waals surface area contributed by atoms with Gasteiger partial charge in [-0.2, -0.15) is 12.6 Å². The Balaban J connectivity index is 0.000000254. The smallest absolute Gasteiger partial charge is 0.313 e. The molecule has 1 aliphatic carbocycles. The largest absolute Gasteiger partial charge is 0.481 e. The lowest BCUT2D eigenvalue weighted by molar-refractivity contribution is -0.133. The van der Waals surface area contributed by atoms with Gasteiger partial charge < -0.3 is 19.8 Å². The fourth-order valence-corrected chi connectivity index (χ4v) is 2.28. The second-order valence-corrected chi connectivity index (χ2v) is 5.75. The van der Waals surface area contributed by atoms with Crippen molar-refractivity contribution < 1.29 is 19.5 Å². The highest BCUT2D eigenvalue weighted by Gasteiger charge is 2.43. The molecule has 0 unspecified atom stereocenters. The fourth-order valence-electron chi connectivity index (χ4n) is 2.28. The number of allylic oxidation sites excluding steroid dienone is 1. The van der Waals surface area contributed by atoms with E-state index in [0.29, 0.717) is 17.1 Å². The van der Waals surface area contributed by atoms with Gasteiger partial charge in [0.25, 0.3) is 0 Å². The van der Waals surface area contributed by atoms with Crippen LogP contribution < -0.4 is 0 Å². The Labute approximate surface area is 133 Å². The van der Waals surface area contributed by atoms with Crippen LogP contribution >= 0.6 is 12.6 Å². The Morgan fingerprint density at radius 1 is 1.00 bits per heavy atom. The van der Waals surface area contributed by atoms with Crippen LogP contribution in [0.4, 0.5) is 0 Å². The zero-order valence-electron chi connectivity index (χ0n) is 12.0. The van der Waals surface area contributed by atoms with Crippen molar-refractivity contribution in [2.24, 2.45) is 0 Å². The second-order valence-electron chi connectivity index (χ2n) is 5.43. The number of aliphatic carboxylic acids is 1. The average Bonchev–Trinajstić information content (AvgIpc) is 3.34. The Morgan fingerprint density at radius 2 is 1.45 bits per heavy atom. The van der Waals surface area contributed by atoms with E-state index in [1.54, 1.807) is 0 Å². The lowest BCUT2D eigenvalue weighted by Crippen LogP contribution is -2.29. The maximum atomic E-state index is 12.4. The summed E-state index contributed by atoms with van der Waals surface area (Å²) in [6, 6.07) is 0. The van der Waals surface area contributed by atoms with E-state index in [1.165, 1.54) is 6.08 Å². The SMILES string of the molecule is O=C(O)CS.O=C1C=C(N2CC2)C(=O)C(N2CC2)=C1N1CC1. The molecular formula is C14H17N3O4S. The van der Waals surface area contributed by atoms with E-state index in [2.05, 4.69) is 12.6 Å². The van der Waals surface area contributed by atoms with Gasteiger partial charge in [-0.15, -0.1) is 0 Å². The lowest BCUT2D eigenvalue weighted by atomic mass is 10.0. The first-order valence-electron chi connectivity index (χ1n) is 7.15. The highest BCUT2D eigenvalue weighted by Crippen LogP contribution is 2.33. The number of Topliss-reactive ketones (excluding diaryl/α,β-unsaturated/α-hetero) is 1. The molecule has 0 bridgehead atoms. The van der Waals surface area contributed by atoms with Gasteiger partial charge in [-0.1, -0.05) is 0 Å². The summed E-state index contributed by atoms with van der Waals surface area (Å²) in [5.74, 6) is -0.916. The third-order valence-corrected chi connectivity index (χ3v) is 3.89. The van der Waals surface area contributed by atoms with Gasteiger partial charge in [-0.3, -0.25) is 14.4 Å². The first kappa shape index (κ1) is 15.0. The Morgan fingerprint density at radius 3 is 1.86 bits per heavy atom. The van der Waals surface area contributed by atoms with Gasteiger partial charge in [-0.25, -0.2) is 0 Å². The van der Waals surface area contributed by atoms with E-state index in [0.717, 1.165) is 39.3 Å². The number of nitrogens with zero attached hydrogens (tertiary/aromatic N) is 3.